The second-order valence-electron chi connectivity index (χ2n) is 3.26. The first-order valence-corrected chi connectivity index (χ1v) is 5.27. The Morgan fingerprint density at radius 3 is 3.06 bits per heavy atom. The molecule has 0 spiro atoms. The van der Waals surface area contributed by atoms with Gasteiger partial charge in [0.15, 0.2) is 6.29 Å². The Hall–Kier alpha value is -1.72. The number of ether oxygens (including phenoxy) is 1. The van der Waals surface area contributed by atoms with Crippen LogP contribution in [0.1, 0.15) is 36.7 Å². The zero-order chi connectivity index (χ0) is 11.8. The molecular weight excluding hydrogens is 210 g/mol. The number of rotatable bonds is 7. The van der Waals surface area contributed by atoms with Crippen LogP contribution in [0.5, 0.6) is 0 Å². The van der Waals surface area contributed by atoms with Gasteiger partial charge in [0.1, 0.15) is 5.69 Å². The fourth-order valence-corrected chi connectivity index (χ4v) is 1.29. The molecule has 1 heterocycles. The third-order valence-electron chi connectivity index (χ3n) is 2.07. The second-order valence-corrected chi connectivity index (χ2v) is 3.26. The molecule has 0 atom stereocenters. The summed E-state index contributed by atoms with van der Waals surface area (Å²) in [5.74, 6) is -0.184. The molecule has 6 nitrogen and oxygen atoms in total. The van der Waals surface area contributed by atoms with Crippen LogP contribution in [0.25, 0.3) is 0 Å². The molecular formula is C10H15N3O3. The van der Waals surface area contributed by atoms with Crippen LogP contribution >= 0.6 is 0 Å². The van der Waals surface area contributed by atoms with Crippen LogP contribution in [0.4, 0.5) is 0 Å². The Bertz CT molecular complexity index is 349. The molecule has 0 unspecified atom stereocenters. The lowest BCUT2D eigenvalue weighted by atomic mass is 10.2. The highest BCUT2D eigenvalue weighted by molar-refractivity contribution is 5.71. The predicted molar refractivity (Wildman–Crippen MR) is 55.9 cm³/mol. The average molecular weight is 225 g/mol. The maximum atomic E-state index is 11.0. The maximum absolute atomic E-state index is 11.0. The van der Waals surface area contributed by atoms with E-state index in [0.717, 1.165) is 12.8 Å². The van der Waals surface area contributed by atoms with Gasteiger partial charge in [-0.15, -0.1) is 5.10 Å². The molecule has 0 fully saturated rings. The summed E-state index contributed by atoms with van der Waals surface area (Å²) in [7, 11) is 0. The number of aldehydes is 1. The quantitative estimate of drug-likeness (QED) is 0.390. The van der Waals surface area contributed by atoms with Gasteiger partial charge in [0.25, 0.3) is 0 Å². The molecule has 0 saturated heterocycles. The van der Waals surface area contributed by atoms with Crippen LogP contribution in [0.15, 0.2) is 6.20 Å². The summed E-state index contributed by atoms with van der Waals surface area (Å²) in [6.07, 6.45) is 4.02. The van der Waals surface area contributed by atoms with Crippen molar-refractivity contribution in [2.45, 2.75) is 32.7 Å². The van der Waals surface area contributed by atoms with Crippen molar-refractivity contribution in [1.82, 2.24) is 15.0 Å². The van der Waals surface area contributed by atoms with Crippen LogP contribution in [-0.4, -0.2) is 33.9 Å². The molecule has 1 aromatic rings. The molecule has 6 heteroatoms. The normalized spacial score (nSPS) is 10.1. The summed E-state index contributed by atoms with van der Waals surface area (Å²) >= 11 is 0. The minimum atomic E-state index is -0.184. The van der Waals surface area contributed by atoms with E-state index in [-0.39, 0.29) is 5.97 Å². The fraction of sp³-hybridized carbons (Fsp3) is 0.600. The van der Waals surface area contributed by atoms with Gasteiger partial charge in [-0.25, -0.2) is 4.68 Å². The van der Waals surface area contributed by atoms with E-state index in [1.807, 2.05) is 0 Å². The summed E-state index contributed by atoms with van der Waals surface area (Å²) < 4.78 is 6.32. The molecule has 0 saturated carbocycles. The van der Waals surface area contributed by atoms with E-state index >= 15 is 0 Å². The zero-order valence-electron chi connectivity index (χ0n) is 9.26. The molecule has 1 rings (SSSR count). The first-order chi connectivity index (χ1) is 7.77. The summed E-state index contributed by atoms with van der Waals surface area (Å²) in [5.41, 5.74) is 0.455. The SMILES string of the molecule is CCOC(=O)CCCCn1nncc1C=O. The molecule has 88 valence electrons. The van der Waals surface area contributed by atoms with Crippen LogP contribution in [-0.2, 0) is 16.1 Å². The third-order valence-corrected chi connectivity index (χ3v) is 2.07. The Labute approximate surface area is 93.6 Å². The number of esters is 1. The van der Waals surface area contributed by atoms with E-state index in [4.69, 9.17) is 4.74 Å². The van der Waals surface area contributed by atoms with Gasteiger partial charge in [0.2, 0.25) is 0 Å². The Morgan fingerprint density at radius 1 is 1.56 bits per heavy atom. The van der Waals surface area contributed by atoms with Gasteiger partial charge in [-0.2, -0.15) is 0 Å². The van der Waals surface area contributed by atoms with Crippen molar-refractivity contribution in [1.29, 1.82) is 0 Å². The van der Waals surface area contributed by atoms with E-state index in [1.165, 1.54) is 10.9 Å². The van der Waals surface area contributed by atoms with Gasteiger partial charge in [0.05, 0.1) is 12.8 Å². The van der Waals surface area contributed by atoms with Gasteiger partial charge in [0, 0.05) is 13.0 Å². The van der Waals surface area contributed by atoms with E-state index in [1.54, 1.807) is 6.92 Å². The minimum absolute atomic E-state index is 0.184. The number of carbonyl (C=O) groups is 2. The summed E-state index contributed by atoms with van der Waals surface area (Å²) in [6.45, 7) is 2.79. The first kappa shape index (κ1) is 12.4. The molecule has 0 aromatic carbocycles. The van der Waals surface area contributed by atoms with E-state index in [9.17, 15) is 9.59 Å². The van der Waals surface area contributed by atoms with Crippen LogP contribution in [0.3, 0.4) is 0 Å². The zero-order valence-corrected chi connectivity index (χ0v) is 9.26. The molecule has 0 aliphatic rings. The number of carbonyl (C=O) groups excluding carboxylic acids is 2. The lowest BCUT2D eigenvalue weighted by Gasteiger charge is -2.02. The highest BCUT2D eigenvalue weighted by atomic mass is 16.5. The summed E-state index contributed by atoms with van der Waals surface area (Å²) in [5, 5.41) is 7.39. The van der Waals surface area contributed by atoms with Gasteiger partial charge in [-0.3, -0.25) is 9.59 Å². The minimum Gasteiger partial charge on any atom is -0.466 e. The Balaban J connectivity index is 2.21. The van der Waals surface area contributed by atoms with Crippen molar-refractivity contribution in [2.24, 2.45) is 0 Å². The fourth-order valence-electron chi connectivity index (χ4n) is 1.29. The second kappa shape index (κ2) is 6.71. The van der Waals surface area contributed by atoms with Crippen molar-refractivity contribution >= 4 is 12.3 Å². The Morgan fingerprint density at radius 2 is 2.38 bits per heavy atom. The van der Waals surface area contributed by atoms with Crippen molar-refractivity contribution in [2.75, 3.05) is 6.61 Å². The topological polar surface area (TPSA) is 74.1 Å². The van der Waals surface area contributed by atoms with E-state index in [2.05, 4.69) is 10.3 Å². The van der Waals surface area contributed by atoms with Crippen molar-refractivity contribution < 1.29 is 14.3 Å². The van der Waals surface area contributed by atoms with Crippen LogP contribution in [0.2, 0.25) is 0 Å². The third kappa shape index (κ3) is 3.80. The van der Waals surface area contributed by atoms with Crippen molar-refractivity contribution in [3.8, 4) is 0 Å². The molecule has 16 heavy (non-hydrogen) atoms. The summed E-state index contributed by atoms with van der Waals surface area (Å²) in [4.78, 5) is 21.6. The molecule has 0 aliphatic carbocycles. The molecule has 0 amide bonds. The predicted octanol–water partition coefficient (Wildman–Crippen LogP) is 0.824. The highest BCUT2D eigenvalue weighted by Crippen LogP contribution is 2.01. The number of hydrogen-bond donors (Lipinski definition) is 0. The lowest BCUT2D eigenvalue weighted by Crippen LogP contribution is -2.07. The standard InChI is InChI=1S/C10H15N3O3/c1-2-16-10(15)5-3-4-6-13-9(8-14)7-11-12-13/h7-8H,2-6H2,1H3. The van der Waals surface area contributed by atoms with Crippen LogP contribution < -0.4 is 0 Å². The Kier molecular flexibility index (Phi) is 5.18. The van der Waals surface area contributed by atoms with Crippen molar-refractivity contribution in [3.05, 3.63) is 11.9 Å². The van der Waals surface area contributed by atoms with E-state index in [0.29, 0.717) is 31.6 Å². The molecule has 0 bridgehead atoms. The van der Waals surface area contributed by atoms with Gasteiger partial charge in [-0.05, 0) is 19.8 Å². The number of aromatic nitrogens is 3. The number of aryl methyl sites for hydroxylation is 1. The average Bonchev–Trinajstić information content (AvgIpc) is 2.72. The maximum Gasteiger partial charge on any atom is 0.305 e. The lowest BCUT2D eigenvalue weighted by molar-refractivity contribution is -0.143. The summed E-state index contributed by atoms with van der Waals surface area (Å²) in [6, 6.07) is 0. The molecule has 0 radical (unpaired) electrons. The van der Waals surface area contributed by atoms with Crippen LogP contribution in [0, 0.1) is 0 Å². The number of unbranched alkanes of at least 4 members (excludes halogenated alkanes) is 1. The molecule has 1 aromatic heterocycles. The largest absolute Gasteiger partial charge is 0.466 e. The number of nitrogens with zero attached hydrogens (tertiary/aromatic N) is 3. The van der Waals surface area contributed by atoms with Gasteiger partial charge >= 0.3 is 5.97 Å². The number of hydrogen-bond acceptors (Lipinski definition) is 5. The smallest absolute Gasteiger partial charge is 0.305 e. The van der Waals surface area contributed by atoms with Crippen molar-refractivity contribution in [3.63, 3.8) is 0 Å². The highest BCUT2D eigenvalue weighted by Gasteiger charge is 2.04. The monoisotopic (exact) mass is 225 g/mol. The van der Waals surface area contributed by atoms with E-state index < -0.39 is 0 Å². The first-order valence-electron chi connectivity index (χ1n) is 5.27. The molecule has 0 aliphatic heterocycles. The van der Waals surface area contributed by atoms with Gasteiger partial charge < -0.3 is 4.74 Å². The molecule has 0 N–H and O–H groups in total. The van der Waals surface area contributed by atoms with Gasteiger partial charge in [-0.1, -0.05) is 5.21 Å².